The predicted octanol–water partition coefficient (Wildman–Crippen LogP) is 1.99. The van der Waals surface area contributed by atoms with Gasteiger partial charge in [0.1, 0.15) is 5.75 Å². The first-order valence-corrected chi connectivity index (χ1v) is 9.88. The number of rotatable bonds is 5. The molecule has 1 aromatic rings. The van der Waals surface area contributed by atoms with Crippen molar-refractivity contribution in [1.82, 2.24) is 10.0 Å². The van der Waals surface area contributed by atoms with E-state index in [-0.39, 0.29) is 23.5 Å². The molecule has 1 atom stereocenters. The Bertz CT molecular complexity index is 701. The summed E-state index contributed by atoms with van der Waals surface area (Å²) in [7, 11) is 0.354. The molecule has 0 N–H and O–H groups in total. The molecular formula is C16H23ClN2O4S. The van der Waals surface area contributed by atoms with Crippen LogP contribution in [0.1, 0.15) is 20.3 Å². The van der Waals surface area contributed by atoms with Crippen molar-refractivity contribution < 1.29 is 17.9 Å². The zero-order valence-corrected chi connectivity index (χ0v) is 15.9. The Hall–Kier alpha value is -1.31. The van der Waals surface area contributed by atoms with Gasteiger partial charge in [-0.3, -0.25) is 9.80 Å². The van der Waals surface area contributed by atoms with E-state index in [4.69, 9.17) is 16.3 Å². The largest absolute Gasteiger partial charge is 0.478 e. The molecule has 8 heteroatoms. The molecule has 6 nitrogen and oxygen atoms in total. The third-order valence-corrected chi connectivity index (χ3v) is 5.90. The summed E-state index contributed by atoms with van der Waals surface area (Å²) in [4.78, 5) is 13.0. The number of benzene rings is 1. The molecule has 24 heavy (non-hydrogen) atoms. The van der Waals surface area contributed by atoms with Gasteiger partial charge in [-0.1, -0.05) is 11.6 Å². The molecule has 1 aliphatic rings. The second-order valence-corrected chi connectivity index (χ2v) is 9.29. The van der Waals surface area contributed by atoms with Gasteiger partial charge < -0.3 is 4.74 Å². The third-order valence-electron chi connectivity index (χ3n) is 3.89. The number of ether oxygens (including phenoxy) is 1. The van der Waals surface area contributed by atoms with Crippen molar-refractivity contribution in [3.8, 4) is 5.75 Å². The van der Waals surface area contributed by atoms with Gasteiger partial charge >= 0.3 is 0 Å². The Morgan fingerprint density at radius 3 is 2.29 bits per heavy atom. The Kier molecular flexibility index (Phi) is 5.47. The highest BCUT2D eigenvalue weighted by Crippen LogP contribution is 2.26. The van der Waals surface area contributed by atoms with Gasteiger partial charge in [0, 0.05) is 19.1 Å². The van der Waals surface area contributed by atoms with Gasteiger partial charge in [0.25, 0.3) is 5.91 Å². The summed E-state index contributed by atoms with van der Waals surface area (Å²) >= 11 is 5.86. The summed E-state index contributed by atoms with van der Waals surface area (Å²) in [5, 5.41) is 3.69. The Morgan fingerprint density at radius 2 is 1.83 bits per heavy atom. The molecule has 134 valence electrons. The minimum absolute atomic E-state index is 0.0199. The smallest absolute Gasteiger partial charge is 0.280 e. The quantitative estimate of drug-likeness (QED) is 0.737. The number of hydrazine groups is 1. The molecule has 1 saturated heterocycles. The van der Waals surface area contributed by atoms with Crippen molar-refractivity contribution in [3.63, 3.8) is 0 Å². The Morgan fingerprint density at radius 1 is 1.25 bits per heavy atom. The highest BCUT2D eigenvalue weighted by molar-refractivity contribution is 7.91. The molecule has 0 spiro atoms. The van der Waals surface area contributed by atoms with Crippen LogP contribution in [0.3, 0.4) is 0 Å². The molecular weight excluding hydrogens is 352 g/mol. The summed E-state index contributed by atoms with van der Waals surface area (Å²) in [6.07, 6.45) is 0.434. The maximum atomic E-state index is 13.0. The maximum Gasteiger partial charge on any atom is 0.280 e. The number of carbonyl (C=O) groups is 1. The van der Waals surface area contributed by atoms with Crippen LogP contribution in [-0.4, -0.2) is 61.6 Å². The summed E-state index contributed by atoms with van der Waals surface area (Å²) in [5.74, 6) is 0.321. The van der Waals surface area contributed by atoms with Crippen molar-refractivity contribution >= 4 is 27.3 Å². The molecule has 0 saturated carbocycles. The summed E-state index contributed by atoms with van der Waals surface area (Å²) < 4.78 is 29.4. The van der Waals surface area contributed by atoms with Crippen LogP contribution in [-0.2, 0) is 14.6 Å². The Labute approximate surface area is 148 Å². The lowest BCUT2D eigenvalue weighted by Gasteiger charge is -2.39. The van der Waals surface area contributed by atoms with E-state index in [9.17, 15) is 13.2 Å². The normalized spacial score (nSPS) is 20.2. The fourth-order valence-electron chi connectivity index (χ4n) is 2.76. The van der Waals surface area contributed by atoms with Crippen LogP contribution >= 0.6 is 11.6 Å². The van der Waals surface area contributed by atoms with Crippen molar-refractivity contribution in [2.24, 2.45) is 0 Å². The second-order valence-electron chi connectivity index (χ2n) is 6.62. The van der Waals surface area contributed by atoms with E-state index in [1.165, 1.54) is 5.01 Å². The van der Waals surface area contributed by atoms with Gasteiger partial charge in [0.15, 0.2) is 15.4 Å². The first kappa shape index (κ1) is 19.0. The predicted molar refractivity (Wildman–Crippen MR) is 93.8 cm³/mol. The highest BCUT2D eigenvalue weighted by Gasteiger charge is 2.42. The molecule has 1 heterocycles. The standard InChI is InChI=1S/C16H23ClN2O4S/c1-16(2,23-14-7-5-12(17)6-8-14)15(20)19(18(3)4)13-9-10-24(21,22)11-13/h5-8,13H,9-11H2,1-4H3/t13-/m1/s1. The molecule has 0 aromatic heterocycles. The van der Waals surface area contributed by atoms with E-state index in [2.05, 4.69) is 0 Å². The van der Waals surface area contributed by atoms with Gasteiger partial charge in [-0.2, -0.15) is 0 Å². The average molecular weight is 375 g/mol. The van der Waals surface area contributed by atoms with E-state index >= 15 is 0 Å². The van der Waals surface area contributed by atoms with Gasteiger partial charge in [-0.05, 0) is 44.5 Å². The van der Waals surface area contributed by atoms with Crippen LogP contribution in [0.5, 0.6) is 5.75 Å². The molecule has 0 radical (unpaired) electrons. The van der Waals surface area contributed by atoms with Crippen molar-refractivity contribution in [2.75, 3.05) is 25.6 Å². The fourth-order valence-corrected chi connectivity index (χ4v) is 4.58. The van der Waals surface area contributed by atoms with Gasteiger partial charge in [-0.15, -0.1) is 0 Å². The van der Waals surface area contributed by atoms with Crippen LogP contribution in [0.15, 0.2) is 24.3 Å². The number of amides is 1. The highest BCUT2D eigenvalue weighted by atomic mass is 35.5. The van der Waals surface area contributed by atoms with Gasteiger partial charge in [0.2, 0.25) is 0 Å². The number of hydrogen-bond donors (Lipinski definition) is 0. The SMILES string of the molecule is CN(C)N(C(=O)C(C)(C)Oc1ccc(Cl)cc1)[C@@H]1CCS(=O)(=O)C1. The lowest BCUT2D eigenvalue weighted by Crippen LogP contribution is -2.57. The average Bonchev–Trinajstić information content (AvgIpc) is 2.81. The molecule has 1 fully saturated rings. The summed E-state index contributed by atoms with van der Waals surface area (Å²) in [6, 6.07) is 6.38. The van der Waals surface area contributed by atoms with E-state index in [1.54, 1.807) is 57.2 Å². The van der Waals surface area contributed by atoms with E-state index in [1.807, 2.05) is 0 Å². The van der Waals surface area contributed by atoms with Crippen molar-refractivity contribution in [2.45, 2.75) is 31.9 Å². The minimum atomic E-state index is -3.09. The number of nitrogens with zero attached hydrogens (tertiary/aromatic N) is 2. The zero-order valence-electron chi connectivity index (χ0n) is 14.3. The second kappa shape index (κ2) is 6.90. The summed E-state index contributed by atoms with van der Waals surface area (Å²) in [6.45, 7) is 3.34. The molecule has 0 bridgehead atoms. The van der Waals surface area contributed by atoms with Crippen LogP contribution < -0.4 is 4.74 Å². The molecule has 0 unspecified atom stereocenters. The molecule has 2 rings (SSSR count). The molecule has 1 amide bonds. The van der Waals surface area contributed by atoms with Gasteiger partial charge in [0.05, 0.1) is 17.5 Å². The molecule has 1 aliphatic heterocycles. The number of halogens is 1. The maximum absolute atomic E-state index is 13.0. The first-order valence-electron chi connectivity index (χ1n) is 7.68. The van der Waals surface area contributed by atoms with E-state index in [0.717, 1.165) is 0 Å². The topological polar surface area (TPSA) is 66.9 Å². The van der Waals surface area contributed by atoms with Crippen LogP contribution in [0, 0.1) is 0 Å². The van der Waals surface area contributed by atoms with Crippen LogP contribution in [0.4, 0.5) is 0 Å². The van der Waals surface area contributed by atoms with Crippen molar-refractivity contribution in [1.29, 1.82) is 0 Å². The number of carbonyl (C=O) groups excluding carboxylic acids is 1. The number of hydrogen-bond acceptors (Lipinski definition) is 5. The Balaban J connectivity index is 2.20. The lowest BCUT2D eigenvalue weighted by atomic mass is 10.1. The van der Waals surface area contributed by atoms with E-state index < -0.39 is 15.4 Å². The molecule has 1 aromatic carbocycles. The van der Waals surface area contributed by atoms with Crippen LogP contribution in [0.2, 0.25) is 5.02 Å². The zero-order chi connectivity index (χ0) is 18.1. The van der Waals surface area contributed by atoms with E-state index in [0.29, 0.717) is 17.2 Å². The third kappa shape index (κ3) is 4.40. The first-order chi connectivity index (χ1) is 11.0. The monoisotopic (exact) mass is 374 g/mol. The number of sulfone groups is 1. The fraction of sp³-hybridized carbons (Fsp3) is 0.562. The van der Waals surface area contributed by atoms with Gasteiger partial charge in [-0.25, -0.2) is 13.4 Å². The molecule has 0 aliphatic carbocycles. The van der Waals surface area contributed by atoms with Crippen LogP contribution in [0.25, 0.3) is 0 Å². The van der Waals surface area contributed by atoms with Crippen molar-refractivity contribution in [3.05, 3.63) is 29.3 Å². The summed E-state index contributed by atoms with van der Waals surface area (Å²) in [5.41, 5.74) is -1.15. The lowest BCUT2D eigenvalue weighted by molar-refractivity contribution is -0.164. The minimum Gasteiger partial charge on any atom is -0.478 e.